The zero-order valence-electron chi connectivity index (χ0n) is 20.9. The van der Waals surface area contributed by atoms with Crippen LogP contribution < -0.4 is 4.72 Å². The van der Waals surface area contributed by atoms with Gasteiger partial charge in [-0.3, -0.25) is 14.4 Å². The molecule has 0 amide bonds. The van der Waals surface area contributed by atoms with Gasteiger partial charge in [-0.15, -0.1) is 16.5 Å². The standard InChI is InChI=1S/C23H37NO8S2/c1-13-11-9-8-10-12-33-22-21(31-16(4)27)20(30-15(3)26)19(29-14(2)25)18(32-22)17(13)24-34(28)23(5,6)7/h9,11,13,17-22,24H,8,10,12H2,1-7H3/t13?,17-,18-,19+,20+,21-,22-,34-/m1/s1. The minimum absolute atomic E-state index is 0.165. The van der Waals surface area contributed by atoms with E-state index in [0.717, 1.165) is 12.8 Å². The van der Waals surface area contributed by atoms with E-state index in [-0.39, 0.29) is 5.92 Å². The van der Waals surface area contributed by atoms with E-state index < -0.39 is 69.9 Å². The number of ether oxygens (including phenoxy) is 4. The number of rotatable bonds is 5. The normalized spacial score (nSPS) is 33.2. The highest BCUT2D eigenvalue weighted by Gasteiger charge is 2.55. The van der Waals surface area contributed by atoms with Crippen molar-refractivity contribution in [2.24, 2.45) is 5.92 Å². The van der Waals surface area contributed by atoms with Gasteiger partial charge in [0.05, 0.1) is 6.04 Å². The molecule has 0 aromatic rings. The van der Waals surface area contributed by atoms with Gasteiger partial charge < -0.3 is 23.5 Å². The number of carbonyl (C=O) groups excluding carboxylic acids is 3. The molecule has 1 unspecified atom stereocenters. The predicted octanol–water partition coefficient (Wildman–Crippen LogP) is 2.65. The smallest absolute Gasteiger partial charge is 0.303 e. The summed E-state index contributed by atoms with van der Waals surface area (Å²) in [6.07, 6.45) is 1.80. The van der Waals surface area contributed by atoms with E-state index in [1.807, 2.05) is 33.8 Å². The van der Waals surface area contributed by atoms with Crippen molar-refractivity contribution in [1.29, 1.82) is 0 Å². The summed E-state index contributed by atoms with van der Waals surface area (Å²) in [5.41, 5.74) is -0.678. The average Bonchev–Trinajstić information content (AvgIpc) is 2.72. The van der Waals surface area contributed by atoms with Crippen molar-refractivity contribution in [3.05, 3.63) is 12.2 Å². The van der Waals surface area contributed by atoms with E-state index in [1.165, 1.54) is 32.5 Å². The van der Waals surface area contributed by atoms with E-state index in [9.17, 15) is 18.9 Å². The van der Waals surface area contributed by atoms with Crippen LogP contribution in [0.3, 0.4) is 0 Å². The lowest BCUT2D eigenvalue weighted by Crippen LogP contribution is -2.66. The predicted molar refractivity (Wildman–Crippen MR) is 130 cm³/mol. The largest absolute Gasteiger partial charge is 0.598 e. The number of hydrogen-bond donors (Lipinski definition) is 1. The molecular weight excluding hydrogens is 482 g/mol. The summed E-state index contributed by atoms with van der Waals surface area (Å²) in [6, 6.07) is -0.557. The minimum atomic E-state index is -1.46. The molecule has 8 atom stereocenters. The molecule has 0 aromatic heterocycles. The summed E-state index contributed by atoms with van der Waals surface area (Å²) in [7, 11) is 0. The highest BCUT2D eigenvalue weighted by Crippen LogP contribution is 2.38. The molecule has 1 saturated heterocycles. The van der Waals surface area contributed by atoms with Gasteiger partial charge in [0, 0.05) is 32.1 Å². The average molecular weight is 520 g/mol. The summed E-state index contributed by atoms with van der Waals surface area (Å²) in [4.78, 5) is 36.1. The third-order valence-corrected chi connectivity index (χ3v) is 8.22. The Kier molecular flexibility index (Phi) is 10.7. The number of esters is 3. The Morgan fingerprint density at radius 2 is 1.59 bits per heavy atom. The van der Waals surface area contributed by atoms with Crippen molar-refractivity contribution in [3.8, 4) is 0 Å². The van der Waals surface area contributed by atoms with Crippen molar-refractivity contribution in [1.82, 2.24) is 4.72 Å². The van der Waals surface area contributed by atoms with Gasteiger partial charge in [0.15, 0.2) is 18.3 Å². The minimum Gasteiger partial charge on any atom is -0.598 e. The van der Waals surface area contributed by atoms with Gasteiger partial charge >= 0.3 is 17.9 Å². The molecule has 0 aromatic carbocycles. The van der Waals surface area contributed by atoms with Gasteiger partial charge in [-0.2, -0.15) is 0 Å². The topological polar surface area (TPSA) is 123 Å². The SMILES string of the molecule is CC(=O)O[C@@H]1[C@H](OC(C)=O)[C@@H](OC(C)=O)[C@@H]2O[C@@H]1[C@H](N[S@+]([O-])C(C)(C)C)C(C)C=CCCCS2. The van der Waals surface area contributed by atoms with Crippen LogP contribution in [0.1, 0.15) is 61.3 Å². The molecule has 194 valence electrons. The Hall–Kier alpha value is -1.27. The molecule has 2 heterocycles. The monoisotopic (exact) mass is 519 g/mol. The first-order valence-electron chi connectivity index (χ1n) is 11.4. The Labute approximate surface area is 209 Å². The lowest BCUT2D eigenvalue weighted by atomic mass is 9.88. The maximum Gasteiger partial charge on any atom is 0.303 e. The Bertz CT molecular complexity index is 756. The second-order valence-electron chi connectivity index (χ2n) is 9.52. The van der Waals surface area contributed by atoms with Crippen LogP contribution in [-0.4, -0.2) is 68.9 Å². The molecule has 0 spiro atoms. The zero-order valence-corrected chi connectivity index (χ0v) is 22.5. The number of fused-ring (bicyclic) bond motifs is 2. The van der Waals surface area contributed by atoms with Crippen LogP contribution >= 0.6 is 11.8 Å². The summed E-state index contributed by atoms with van der Waals surface area (Å²) in [6.45, 7) is 11.3. The maximum atomic E-state index is 13.1. The highest BCUT2D eigenvalue weighted by atomic mass is 32.2. The number of carbonyl (C=O) groups is 3. The second-order valence-corrected chi connectivity index (χ2v) is 12.7. The first-order chi connectivity index (χ1) is 15.8. The molecule has 34 heavy (non-hydrogen) atoms. The molecule has 2 bridgehead atoms. The van der Waals surface area contributed by atoms with Gasteiger partial charge in [0.2, 0.25) is 0 Å². The van der Waals surface area contributed by atoms with Crippen molar-refractivity contribution in [2.45, 2.75) is 102 Å². The van der Waals surface area contributed by atoms with E-state index >= 15 is 0 Å². The number of hydrogen-bond acceptors (Lipinski definition) is 10. The third-order valence-electron chi connectivity index (χ3n) is 5.39. The lowest BCUT2D eigenvalue weighted by Gasteiger charge is -2.47. The quantitative estimate of drug-likeness (QED) is 0.251. The molecule has 11 heteroatoms. The lowest BCUT2D eigenvalue weighted by molar-refractivity contribution is -0.236. The second kappa shape index (κ2) is 12.6. The molecule has 0 aliphatic carbocycles. The number of allylic oxidation sites excluding steroid dienone is 1. The van der Waals surface area contributed by atoms with Crippen molar-refractivity contribution in [3.63, 3.8) is 0 Å². The molecule has 2 aliphatic rings. The van der Waals surface area contributed by atoms with Gasteiger partial charge in [-0.25, -0.2) is 0 Å². The summed E-state index contributed by atoms with van der Waals surface area (Å²) in [5, 5.41) is 0. The van der Waals surface area contributed by atoms with Crippen molar-refractivity contribution < 1.29 is 37.9 Å². The first-order valence-corrected chi connectivity index (χ1v) is 13.6. The fraction of sp³-hybridized carbons (Fsp3) is 0.783. The van der Waals surface area contributed by atoms with E-state index in [0.29, 0.717) is 5.75 Å². The number of thioether (sulfide) groups is 1. The Balaban J connectivity index is 2.60. The third kappa shape index (κ3) is 8.15. The van der Waals surface area contributed by atoms with Gasteiger partial charge in [-0.1, -0.05) is 19.1 Å². The zero-order chi connectivity index (χ0) is 25.6. The van der Waals surface area contributed by atoms with Crippen molar-refractivity contribution in [2.75, 3.05) is 5.75 Å². The fourth-order valence-electron chi connectivity index (χ4n) is 3.83. The van der Waals surface area contributed by atoms with E-state index in [4.69, 9.17) is 18.9 Å². The molecule has 1 fully saturated rings. The van der Waals surface area contributed by atoms with Crippen LogP contribution in [0.15, 0.2) is 12.2 Å². The van der Waals surface area contributed by atoms with Crippen LogP contribution in [-0.2, 0) is 44.7 Å². The van der Waals surface area contributed by atoms with Gasteiger partial charge in [0.25, 0.3) is 0 Å². The summed E-state index contributed by atoms with van der Waals surface area (Å²) >= 11 is -0.0195. The molecule has 2 aliphatic heterocycles. The Morgan fingerprint density at radius 3 is 2.15 bits per heavy atom. The molecular formula is C23H37NO8S2. The van der Waals surface area contributed by atoms with Crippen LogP contribution in [0.5, 0.6) is 0 Å². The molecule has 2 rings (SSSR count). The van der Waals surface area contributed by atoms with Crippen LogP contribution in [0.4, 0.5) is 0 Å². The molecule has 0 radical (unpaired) electrons. The maximum absolute atomic E-state index is 13.1. The molecule has 9 nitrogen and oxygen atoms in total. The molecule has 0 saturated carbocycles. The van der Waals surface area contributed by atoms with Crippen LogP contribution in [0.2, 0.25) is 0 Å². The first kappa shape index (κ1) is 29.0. The Morgan fingerprint density at radius 1 is 1.03 bits per heavy atom. The fourth-order valence-corrected chi connectivity index (χ4v) is 5.95. The number of nitrogens with one attached hydrogen (secondary N) is 1. The molecule has 1 N–H and O–H groups in total. The summed E-state index contributed by atoms with van der Waals surface area (Å²) < 4.78 is 39.0. The van der Waals surface area contributed by atoms with Gasteiger partial charge in [0.1, 0.15) is 16.3 Å². The van der Waals surface area contributed by atoms with Crippen molar-refractivity contribution >= 4 is 41.0 Å². The van der Waals surface area contributed by atoms with Crippen LogP contribution in [0, 0.1) is 5.92 Å². The summed E-state index contributed by atoms with van der Waals surface area (Å²) in [5.74, 6) is -1.23. The van der Waals surface area contributed by atoms with E-state index in [1.54, 1.807) is 0 Å². The van der Waals surface area contributed by atoms with Crippen LogP contribution in [0.25, 0.3) is 0 Å². The van der Waals surface area contributed by atoms with E-state index in [2.05, 4.69) is 10.8 Å². The highest BCUT2D eigenvalue weighted by molar-refractivity contribution is 7.99. The van der Waals surface area contributed by atoms with Gasteiger partial charge in [-0.05, 0) is 45.3 Å².